The minimum atomic E-state index is 0.184. The van der Waals surface area contributed by atoms with Gasteiger partial charge >= 0.3 is 0 Å². The van der Waals surface area contributed by atoms with Crippen LogP contribution in [0.1, 0.15) is 42.5 Å². The van der Waals surface area contributed by atoms with Crippen LogP contribution < -0.4 is 15.4 Å². The van der Waals surface area contributed by atoms with Crippen LogP contribution >= 0.6 is 0 Å². The minimum Gasteiger partial charge on any atom is -0.508 e. The fourth-order valence-corrected chi connectivity index (χ4v) is 4.08. The fourth-order valence-electron chi connectivity index (χ4n) is 4.08. The van der Waals surface area contributed by atoms with Gasteiger partial charge in [-0.25, -0.2) is 0 Å². The summed E-state index contributed by atoms with van der Waals surface area (Å²) >= 11 is 0. The number of benzene rings is 2. The van der Waals surface area contributed by atoms with Crippen molar-refractivity contribution in [2.24, 2.45) is 0 Å². The molecule has 3 N–H and O–H groups in total. The summed E-state index contributed by atoms with van der Waals surface area (Å²) in [6.45, 7) is 3.84. The summed E-state index contributed by atoms with van der Waals surface area (Å²) in [4.78, 5) is 0. The van der Waals surface area contributed by atoms with Crippen LogP contribution in [0.15, 0.2) is 42.5 Å². The van der Waals surface area contributed by atoms with E-state index in [-0.39, 0.29) is 6.10 Å². The number of nitrogens with one attached hydrogen (secondary N) is 2. The highest BCUT2D eigenvalue weighted by atomic mass is 16.5. The van der Waals surface area contributed by atoms with E-state index in [4.69, 9.17) is 4.74 Å². The van der Waals surface area contributed by atoms with E-state index in [1.165, 1.54) is 12.0 Å². The lowest BCUT2D eigenvalue weighted by Crippen LogP contribution is -2.45. The van der Waals surface area contributed by atoms with E-state index < -0.39 is 0 Å². The maximum absolute atomic E-state index is 10.0. The number of phenols is 1. The van der Waals surface area contributed by atoms with Gasteiger partial charge < -0.3 is 20.5 Å². The highest BCUT2D eigenvalue weighted by Crippen LogP contribution is 2.36. The number of hydrogen-bond donors (Lipinski definition) is 3. The highest BCUT2D eigenvalue weighted by molar-refractivity contribution is 5.49. The van der Waals surface area contributed by atoms with Crippen LogP contribution in [-0.2, 0) is 13.0 Å². The van der Waals surface area contributed by atoms with Crippen LogP contribution in [0, 0.1) is 0 Å². The molecular formula is C21H26N2O2. The molecule has 4 rings (SSSR count). The first kappa shape index (κ1) is 16.4. The van der Waals surface area contributed by atoms with Gasteiger partial charge in [-0.05, 0) is 44.0 Å². The van der Waals surface area contributed by atoms with Crippen LogP contribution in [0.5, 0.6) is 11.5 Å². The number of ether oxygens (including phenoxy) is 1. The largest absolute Gasteiger partial charge is 0.508 e. The number of piperidine rings is 1. The Kier molecular flexibility index (Phi) is 4.64. The van der Waals surface area contributed by atoms with E-state index in [1.807, 2.05) is 12.1 Å². The van der Waals surface area contributed by atoms with Gasteiger partial charge in [-0.15, -0.1) is 0 Å². The Hall–Kier alpha value is -2.04. The molecule has 2 aliphatic rings. The number of hydrogen-bond acceptors (Lipinski definition) is 4. The molecule has 0 radical (unpaired) electrons. The van der Waals surface area contributed by atoms with E-state index in [0.29, 0.717) is 24.4 Å². The molecule has 4 nitrogen and oxygen atoms in total. The van der Waals surface area contributed by atoms with Crippen LogP contribution in [0.2, 0.25) is 0 Å². The van der Waals surface area contributed by atoms with Crippen molar-refractivity contribution in [2.75, 3.05) is 6.54 Å². The Balaban J connectivity index is 1.51. The first-order chi connectivity index (χ1) is 12.2. The molecule has 0 saturated carbocycles. The van der Waals surface area contributed by atoms with Gasteiger partial charge in [0.25, 0.3) is 0 Å². The average Bonchev–Trinajstić information content (AvgIpc) is 3.00. The summed E-state index contributed by atoms with van der Waals surface area (Å²) in [6.07, 6.45) is 3.37. The first-order valence-electron chi connectivity index (χ1n) is 9.24. The van der Waals surface area contributed by atoms with Crippen molar-refractivity contribution in [3.8, 4) is 11.5 Å². The van der Waals surface area contributed by atoms with Crippen molar-refractivity contribution in [1.82, 2.24) is 10.6 Å². The van der Waals surface area contributed by atoms with Gasteiger partial charge in [-0.1, -0.05) is 30.3 Å². The van der Waals surface area contributed by atoms with Crippen molar-refractivity contribution in [3.63, 3.8) is 0 Å². The summed E-state index contributed by atoms with van der Waals surface area (Å²) in [7, 11) is 0. The normalized spacial score (nSPS) is 25.4. The molecule has 3 atom stereocenters. The molecule has 1 unspecified atom stereocenters. The molecule has 0 amide bonds. The number of phenolic OH excluding ortho intramolecular Hbond substituents is 1. The average molecular weight is 338 g/mol. The molecular weight excluding hydrogens is 312 g/mol. The number of rotatable bonds is 4. The molecule has 4 heteroatoms. The second-order valence-corrected chi connectivity index (χ2v) is 7.20. The molecule has 2 aromatic rings. The third-order valence-electron chi connectivity index (χ3n) is 5.23. The summed E-state index contributed by atoms with van der Waals surface area (Å²) in [6, 6.07) is 15.0. The molecule has 1 saturated heterocycles. The summed E-state index contributed by atoms with van der Waals surface area (Å²) < 4.78 is 5.98. The number of fused-ring (bicyclic) bond motifs is 1. The summed E-state index contributed by atoms with van der Waals surface area (Å²) in [5.41, 5.74) is 3.49. The topological polar surface area (TPSA) is 53.5 Å². The Labute approximate surface area is 149 Å². The van der Waals surface area contributed by atoms with Gasteiger partial charge in [-0.3, -0.25) is 0 Å². The maximum Gasteiger partial charge on any atom is 0.127 e. The third-order valence-corrected chi connectivity index (χ3v) is 5.23. The van der Waals surface area contributed by atoms with Crippen molar-refractivity contribution in [3.05, 3.63) is 59.2 Å². The molecule has 132 valence electrons. The predicted molar refractivity (Wildman–Crippen MR) is 98.9 cm³/mol. The van der Waals surface area contributed by atoms with E-state index in [1.54, 1.807) is 0 Å². The second-order valence-electron chi connectivity index (χ2n) is 7.20. The van der Waals surface area contributed by atoms with E-state index >= 15 is 0 Å². The SMILES string of the molecule is CC1Cc2cc(O)cc(CN[C@H]3CCCN[C@H]3c3ccccc3)c2O1. The van der Waals surface area contributed by atoms with E-state index in [2.05, 4.69) is 47.9 Å². The molecule has 0 aliphatic carbocycles. The van der Waals surface area contributed by atoms with Crippen LogP contribution in [0.4, 0.5) is 0 Å². The van der Waals surface area contributed by atoms with Crippen LogP contribution in [-0.4, -0.2) is 23.8 Å². The van der Waals surface area contributed by atoms with E-state index in [0.717, 1.165) is 36.3 Å². The lowest BCUT2D eigenvalue weighted by molar-refractivity contribution is 0.250. The van der Waals surface area contributed by atoms with Crippen LogP contribution in [0.3, 0.4) is 0 Å². The van der Waals surface area contributed by atoms with Crippen LogP contribution in [0.25, 0.3) is 0 Å². The lowest BCUT2D eigenvalue weighted by atomic mass is 9.92. The second kappa shape index (κ2) is 7.06. The molecule has 0 spiro atoms. The first-order valence-corrected chi connectivity index (χ1v) is 9.24. The van der Waals surface area contributed by atoms with E-state index in [9.17, 15) is 5.11 Å². The van der Waals surface area contributed by atoms with Gasteiger partial charge in [0.1, 0.15) is 17.6 Å². The Bertz CT molecular complexity index is 732. The maximum atomic E-state index is 10.0. The Morgan fingerprint density at radius 1 is 1.24 bits per heavy atom. The molecule has 25 heavy (non-hydrogen) atoms. The summed E-state index contributed by atoms with van der Waals surface area (Å²) in [5, 5.41) is 17.4. The lowest BCUT2D eigenvalue weighted by Gasteiger charge is -2.34. The molecule has 2 heterocycles. The smallest absolute Gasteiger partial charge is 0.127 e. The van der Waals surface area contributed by atoms with Crippen molar-refractivity contribution >= 4 is 0 Å². The Morgan fingerprint density at radius 2 is 2.08 bits per heavy atom. The predicted octanol–water partition coefficient (Wildman–Crippen LogP) is 3.30. The van der Waals surface area contributed by atoms with Gasteiger partial charge in [-0.2, -0.15) is 0 Å². The fraction of sp³-hybridized carbons (Fsp3) is 0.429. The van der Waals surface area contributed by atoms with Gasteiger partial charge in [0.2, 0.25) is 0 Å². The zero-order valence-electron chi connectivity index (χ0n) is 14.7. The van der Waals surface area contributed by atoms with Gasteiger partial charge in [0.15, 0.2) is 0 Å². The minimum absolute atomic E-state index is 0.184. The summed E-state index contributed by atoms with van der Waals surface area (Å²) in [5.74, 6) is 1.28. The monoisotopic (exact) mass is 338 g/mol. The Morgan fingerprint density at radius 3 is 2.92 bits per heavy atom. The standard InChI is InChI=1S/C21H26N2O2/c1-14-10-16-11-18(24)12-17(21(16)25-14)13-23-19-8-5-9-22-20(19)15-6-3-2-4-7-15/h2-4,6-7,11-12,14,19-20,22-24H,5,8-10,13H2,1H3/t14?,19-,20-/m0/s1. The zero-order valence-corrected chi connectivity index (χ0v) is 14.7. The molecule has 1 fully saturated rings. The third kappa shape index (κ3) is 3.51. The molecule has 2 aliphatic heterocycles. The highest BCUT2D eigenvalue weighted by Gasteiger charge is 2.27. The van der Waals surface area contributed by atoms with Crippen molar-refractivity contribution in [1.29, 1.82) is 0 Å². The van der Waals surface area contributed by atoms with Gasteiger partial charge in [0, 0.05) is 36.2 Å². The number of aromatic hydroxyl groups is 1. The zero-order chi connectivity index (χ0) is 17.2. The molecule has 0 bridgehead atoms. The molecule has 2 aromatic carbocycles. The van der Waals surface area contributed by atoms with Crippen molar-refractivity contribution < 1.29 is 9.84 Å². The van der Waals surface area contributed by atoms with Crippen molar-refractivity contribution in [2.45, 2.75) is 50.9 Å². The van der Waals surface area contributed by atoms with Gasteiger partial charge in [0.05, 0.1) is 0 Å². The molecule has 0 aromatic heterocycles. The quantitative estimate of drug-likeness (QED) is 0.801.